The standard InChI is InChI=1S/C25H22F2N4O3/c1-30-24(32)18-10-20(29-23(22(18)25(30)33)17-5-2-15(26)9-19(17)27)13-6-7-34-21(8-13)14-11-28-31(12-14)16-3-4-16/h2,5,9-13,16,21H,3-4,6-8H2,1H3. The molecule has 1 saturated heterocycles. The van der Waals surface area contributed by atoms with Crippen LogP contribution in [0.2, 0.25) is 0 Å². The summed E-state index contributed by atoms with van der Waals surface area (Å²) in [7, 11) is 1.39. The number of fused-ring (bicyclic) bond motifs is 1. The van der Waals surface area contributed by atoms with Crippen LogP contribution in [0.4, 0.5) is 8.78 Å². The Morgan fingerprint density at radius 3 is 2.65 bits per heavy atom. The van der Waals surface area contributed by atoms with Gasteiger partial charge in [-0.25, -0.2) is 8.78 Å². The van der Waals surface area contributed by atoms with Gasteiger partial charge in [-0.1, -0.05) is 0 Å². The second-order valence-electron chi connectivity index (χ2n) is 9.18. The number of hydrogen-bond acceptors (Lipinski definition) is 5. The van der Waals surface area contributed by atoms with Crippen LogP contribution in [-0.2, 0) is 4.74 Å². The first-order chi connectivity index (χ1) is 16.4. The second-order valence-corrected chi connectivity index (χ2v) is 9.18. The van der Waals surface area contributed by atoms with Crippen molar-refractivity contribution < 1.29 is 23.1 Å². The molecule has 2 unspecified atom stereocenters. The third-order valence-corrected chi connectivity index (χ3v) is 6.90. The van der Waals surface area contributed by atoms with Crippen LogP contribution >= 0.6 is 0 Å². The number of aromatic nitrogens is 3. The van der Waals surface area contributed by atoms with E-state index in [-0.39, 0.29) is 34.4 Å². The number of imide groups is 1. The predicted molar refractivity (Wildman–Crippen MR) is 117 cm³/mol. The van der Waals surface area contributed by atoms with Crippen molar-refractivity contribution >= 4 is 11.8 Å². The van der Waals surface area contributed by atoms with Crippen LogP contribution < -0.4 is 0 Å². The first-order valence-electron chi connectivity index (χ1n) is 11.4. The molecular weight excluding hydrogens is 442 g/mol. The summed E-state index contributed by atoms with van der Waals surface area (Å²) >= 11 is 0. The van der Waals surface area contributed by atoms with Crippen LogP contribution in [-0.4, -0.2) is 45.1 Å². The number of halogens is 2. The van der Waals surface area contributed by atoms with Crippen molar-refractivity contribution in [3.8, 4) is 11.3 Å². The van der Waals surface area contributed by atoms with Crippen molar-refractivity contribution in [2.45, 2.75) is 43.7 Å². The van der Waals surface area contributed by atoms with Crippen molar-refractivity contribution in [2.75, 3.05) is 13.7 Å². The average molecular weight is 464 g/mol. The maximum Gasteiger partial charge on any atom is 0.263 e. The molecule has 1 aliphatic carbocycles. The molecule has 1 saturated carbocycles. The monoisotopic (exact) mass is 464 g/mol. The molecule has 3 aromatic rings. The van der Waals surface area contributed by atoms with E-state index in [0.29, 0.717) is 31.2 Å². The molecule has 2 fully saturated rings. The summed E-state index contributed by atoms with van der Waals surface area (Å²) in [6.07, 6.45) is 7.24. The Kier molecular flexibility index (Phi) is 4.84. The van der Waals surface area contributed by atoms with E-state index in [2.05, 4.69) is 10.1 Å². The zero-order chi connectivity index (χ0) is 23.6. The van der Waals surface area contributed by atoms with Crippen molar-refractivity contribution in [1.29, 1.82) is 0 Å². The maximum atomic E-state index is 14.7. The van der Waals surface area contributed by atoms with Crippen molar-refractivity contribution in [2.24, 2.45) is 0 Å². The fraction of sp³-hybridized carbons (Fsp3) is 0.360. The van der Waals surface area contributed by atoms with Gasteiger partial charge in [0.1, 0.15) is 11.6 Å². The molecule has 0 spiro atoms. The molecule has 1 aromatic carbocycles. The summed E-state index contributed by atoms with van der Waals surface area (Å²) in [4.78, 5) is 31.3. The highest BCUT2D eigenvalue weighted by atomic mass is 19.1. The van der Waals surface area contributed by atoms with Gasteiger partial charge in [0.2, 0.25) is 0 Å². The smallest absolute Gasteiger partial charge is 0.263 e. The Bertz CT molecular complexity index is 1330. The lowest BCUT2D eigenvalue weighted by atomic mass is 9.88. The number of pyridine rings is 1. The van der Waals surface area contributed by atoms with E-state index < -0.39 is 23.4 Å². The zero-order valence-corrected chi connectivity index (χ0v) is 18.5. The van der Waals surface area contributed by atoms with Crippen molar-refractivity contribution in [3.05, 3.63) is 70.7 Å². The quantitative estimate of drug-likeness (QED) is 0.535. The van der Waals surface area contributed by atoms with Crippen LogP contribution in [0.5, 0.6) is 0 Å². The van der Waals surface area contributed by atoms with Gasteiger partial charge < -0.3 is 4.74 Å². The SMILES string of the molecule is CN1C(=O)c2cc(C3CCOC(c4cnn(C5CC5)c4)C3)nc(-c3ccc(F)cc3F)c2C1=O. The predicted octanol–water partition coefficient (Wildman–Crippen LogP) is 4.42. The molecule has 0 N–H and O–H groups in total. The summed E-state index contributed by atoms with van der Waals surface area (Å²) in [6.45, 7) is 0.496. The molecule has 174 valence electrons. The summed E-state index contributed by atoms with van der Waals surface area (Å²) in [6, 6.07) is 5.24. The lowest BCUT2D eigenvalue weighted by molar-refractivity contribution is 0.00460. The van der Waals surface area contributed by atoms with E-state index in [1.165, 1.54) is 13.1 Å². The Morgan fingerprint density at radius 2 is 1.88 bits per heavy atom. The number of nitrogens with zero attached hydrogens (tertiary/aromatic N) is 4. The second kappa shape index (κ2) is 7.80. The van der Waals surface area contributed by atoms with Gasteiger partial charge in [-0.2, -0.15) is 5.10 Å². The van der Waals surface area contributed by atoms with Crippen LogP contribution in [0.25, 0.3) is 11.3 Å². The average Bonchev–Trinajstić information content (AvgIpc) is 3.53. The molecule has 3 aliphatic rings. The van der Waals surface area contributed by atoms with Crippen LogP contribution in [0, 0.1) is 11.6 Å². The number of carbonyl (C=O) groups excluding carboxylic acids is 2. The highest BCUT2D eigenvalue weighted by molar-refractivity contribution is 6.23. The van der Waals surface area contributed by atoms with E-state index in [1.807, 2.05) is 17.1 Å². The zero-order valence-electron chi connectivity index (χ0n) is 18.5. The number of amides is 2. The Morgan fingerprint density at radius 1 is 1.06 bits per heavy atom. The number of carbonyl (C=O) groups is 2. The molecule has 34 heavy (non-hydrogen) atoms. The van der Waals surface area contributed by atoms with E-state index in [4.69, 9.17) is 4.74 Å². The van der Waals surface area contributed by atoms with Crippen molar-refractivity contribution in [3.63, 3.8) is 0 Å². The van der Waals surface area contributed by atoms with Gasteiger partial charge in [0.05, 0.1) is 35.2 Å². The lowest BCUT2D eigenvalue weighted by Crippen LogP contribution is -2.24. The first kappa shape index (κ1) is 21.1. The summed E-state index contributed by atoms with van der Waals surface area (Å²) in [5.74, 6) is -2.63. The number of ether oxygens (including phenoxy) is 1. The van der Waals surface area contributed by atoms with Gasteiger partial charge in [-0.05, 0) is 43.9 Å². The lowest BCUT2D eigenvalue weighted by Gasteiger charge is -2.29. The van der Waals surface area contributed by atoms with E-state index >= 15 is 0 Å². The Labute approximate surface area is 194 Å². The Balaban J connectivity index is 1.40. The third kappa shape index (κ3) is 3.42. The molecule has 0 radical (unpaired) electrons. The molecule has 2 amide bonds. The van der Waals surface area contributed by atoms with Gasteiger partial charge in [0.15, 0.2) is 0 Å². The van der Waals surface area contributed by atoms with Crippen molar-refractivity contribution in [1.82, 2.24) is 19.7 Å². The largest absolute Gasteiger partial charge is 0.373 e. The Hall–Kier alpha value is -3.46. The normalized spacial score (nSPS) is 22.4. The minimum absolute atomic E-state index is 0.00901. The minimum atomic E-state index is -0.834. The fourth-order valence-corrected chi connectivity index (χ4v) is 4.83. The highest BCUT2D eigenvalue weighted by Gasteiger charge is 2.39. The molecule has 2 atom stereocenters. The molecule has 9 heteroatoms. The van der Waals surface area contributed by atoms with Gasteiger partial charge in [0, 0.05) is 48.7 Å². The van der Waals surface area contributed by atoms with Crippen LogP contribution in [0.3, 0.4) is 0 Å². The summed E-state index contributed by atoms with van der Waals surface area (Å²) in [5.41, 5.74) is 1.89. The number of benzene rings is 1. The van der Waals surface area contributed by atoms with Gasteiger partial charge in [0.25, 0.3) is 11.8 Å². The van der Waals surface area contributed by atoms with E-state index in [9.17, 15) is 18.4 Å². The minimum Gasteiger partial charge on any atom is -0.373 e. The summed E-state index contributed by atoms with van der Waals surface area (Å²) < 4.78 is 36.3. The number of rotatable bonds is 4. The van der Waals surface area contributed by atoms with Crippen LogP contribution in [0.1, 0.15) is 75.7 Å². The topological polar surface area (TPSA) is 77.3 Å². The molecule has 2 aliphatic heterocycles. The summed E-state index contributed by atoms with van der Waals surface area (Å²) in [5, 5.41) is 4.46. The molecule has 0 bridgehead atoms. The van der Waals surface area contributed by atoms with E-state index in [1.54, 1.807) is 6.07 Å². The highest BCUT2D eigenvalue weighted by Crippen LogP contribution is 2.41. The third-order valence-electron chi connectivity index (χ3n) is 6.90. The van der Waals surface area contributed by atoms with Gasteiger partial charge in [-0.15, -0.1) is 0 Å². The number of hydrogen-bond donors (Lipinski definition) is 0. The molecular formula is C25H22F2N4O3. The van der Waals surface area contributed by atoms with Crippen LogP contribution in [0.15, 0.2) is 36.7 Å². The maximum absolute atomic E-state index is 14.7. The first-order valence-corrected chi connectivity index (χ1v) is 11.4. The fourth-order valence-electron chi connectivity index (χ4n) is 4.83. The molecule has 6 rings (SSSR count). The van der Waals surface area contributed by atoms with Gasteiger partial charge in [-0.3, -0.25) is 24.2 Å². The molecule has 4 heterocycles. The molecule has 2 aromatic heterocycles. The van der Waals surface area contributed by atoms with E-state index in [0.717, 1.165) is 35.4 Å². The van der Waals surface area contributed by atoms with Gasteiger partial charge >= 0.3 is 0 Å². The molecule has 7 nitrogen and oxygen atoms in total.